The van der Waals surface area contributed by atoms with Crippen molar-refractivity contribution in [3.8, 4) is 5.75 Å². The number of esters is 1. The van der Waals surface area contributed by atoms with Crippen LogP contribution in [0.3, 0.4) is 0 Å². The maximum Gasteiger partial charge on any atom is 0.343 e. The molecular formula is C20H28O2. The van der Waals surface area contributed by atoms with E-state index in [1.165, 1.54) is 5.56 Å². The number of hydrogen-bond donors (Lipinski definition) is 0. The number of benzene rings is 2. The number of ether oxygens (including phenoxy) is 1. The lowest BCUT2D eigenvalue weighted by atomic mass is 10.1. The summed E-state index contributed by atoms with van der Waals surface area (Å²) in [5, 5.41) is 0. The maximum atomic E-state index is 11.9. The van der Waals surface area contributed by atoms with Crippen molar-refractivity contribution in [3.05, 3.63) is 65.2 Å². The smallest absolute Gasteiger partial charge is 0.343 e. The van der Waals surface area contributed by atoms with Crippen LogP contribution in [-0.4, -0.2) is 5.97 Å². The van der Waals surface area contributed by atoms with E-state index >= 15 is 0 Å². The first-order chi connectivity index (χ1) is 10.7. The minimum Gasteiger partial charge on any atom is -0.423 e. The summed E-state index contributed by atoms with van der Waals surface area (Å²) in [6, 6.07) is 14.9. The topological polar surface area (TPSA) is 26.3 Å². The molecule has 2 aromatic rings. The van der Waals surface area contributed by atoms with Crippen molar-refractivity contribution in [2.75, 3.05) is 0 Å². The summed E-state index contributed by atoms with van der Waals surface area (Å²) in [6.45, 7) is 12.1. The first-order valence-corrected chi connectivity index (χ1v) is 8.07. The van der Waals surface area contributed by atoms with Gasteiger partial charge in [0, 0.05) is 0 Å². The third kappa shape index (κ3) is 6.57. The minimum absolute atomic E-state index is 0.320. The van der Waals surface area contributed by atoms with Crippen LogP contribution < -0.4 is 4.74 Å². The Labute approximate surface area is 135 Å². The molecule has 0 N–H and O–H groups in total. The Hall–Kier alpha value is -2.09. The second-order valence-corrected chi connectivity index (χ2v) is 4.25. The van der Waals surface area contributed by atoms with Crippen LogP contribution in [-0.2, 0) is 6.42 Å². The van der Waals surface area contributed by atoms with E-state index in [0.717, 1.165) is 12.0 Å². The average Bonchev–Trinajstić information content (AvgIpc) is 2.59. The molecule has 0 heterocycles. The molecule has 0 fully saturated rings. The number of carbonyl (C=O) groups excluding carboxylic acids is 1. The van der Waals surface area contributed by atoms with Crippen molar-refractivity contribution in [2.24, 2.45) is 0 Å². The first kappa shape index (κ1) is 19.9. The standard InChI is InChI=1S/C16H16O2.2C2H6/c1-3-13-6-10-15(11-7-13)18-16(17)14-8-4-12(2)5-9-14;2*1-2/h4-11H,3H2,1-2H3;2*1-2H3. The lowest BCUT2D eigenvalue weighted by Gasteiger charge is -2.05. The Morgan fingerprint density at radius 1 is 0.864 bits per heavy atom. The fourth-order valence-electron chi connectivity index (χ4n) is 1.65. The van der Waals surface area contributed by atoms with Crippen LogP contribution in [0.15, 0.2) is 48.5 Å². The molecule has 0 aliphatic rings. The van der Waals surface area contributed by atoms with Gasteiger partial charge in [-0.05, 0) is 43.2 Å². The van der Waals surface area contributed by atoms with E-state index in [1.54, 1.807) is 12.1 Å². The summed E-state index contributed by atoms with van der Waals surface area (Å²) in [5.74, 6) is 0.261. The van der Waals surface area contributed by atoms with Gasteiger partial charge in [0.2, 0.25) is 0 Å². The van der Waals surface area contributed by atoms with Crippen LogP contribution in [0.25, 0.3) is 0 Å². The summed E-state index contributed by atoms with van der Waals surface area (Å²) < 4.78 is 5.30. The van der Waals surface area contributed by atoms with Gasteiger partial charge >= 0.3 is 5.97 Å². The van der Waals surface area contributed by atoms with Crippen molar-refractivity contribution < 1.29 is 9.53 Å². The zero-order chi connectivity index (χ0) is 17.0. The van der Waals surface area contributed by atoms with Gasteiger partial charge in [0.1, 0.15) is 5.75 Å². The monoisotopic (exact) mass is 300 g/mol. The van der Waals surface area contributed by atoms with Gasteiger partial charge in [0.25, 0.3) is 0 Å². The fraction of sp³-hybridized carbons (Fsp3) is 0.350. The molecule has 2 nitrogen and oxygen atoms in total. The van der Waals surface area contributed by atoms with E-state index in [1.807, 2.05) is 71.0 Å². The zero-order valence-corrected chi connectivity index (χ0v) is 14.6. The van der Waals surface area contributed by atoms with Crippen molar-refractivity contribution >= 4 is 5.97 Å². The number of hydrogen-bond acceptors (Lipinski definition) is 2. The SMILES string of the molecule is CC.CC.CCc1ccc(OC(=O)c2ccc(C)cc2)cc1. The molecule has 120 valence electrons. The maximum absolute atomic E-state index is 11.9. The van der Waals surface area contributed by atoms with Crippen LogP contribution in [0.2, 0.25) is 0 Å². The van der Waals surface area contributed by atoms with Gasteiger partial charge in [-0.1, -0.05) is 64.4 Å². The highest BCUT2D eigenvalue weighted by Crippen LogP contribution is 2.14. The summed E-state index contributed by atoms with van der Waals surface area (Å²) in [4.78, 5) is 11.9. The van der Waals surface area contributed by atoms with Gasteiger partial charge in [-0.25, -0.2) is 4.79 Å². The molecule has 0 bridgehead atoms. The van der Waals surface area contributed by atoms with Gasteiger partial charge < -0.3 is 4.74 Å². The lowest BCUT2D eigenvalue weighted by molar-refractivity contribution is 0.0734. The van der Waals surface area contributed by atoms with Crippen LogP contribution in [0.4, 0.5) is 0 Å². The van der Waals surface area contributed by atoms with E-state index in [2.05, 4.69) is 6.92 Å². The third-order valence-corrected chi connectivity index (χ3v) is 2.83. The molecule has 0 unspecified atom stereocenters. The van der Waals surface area contributed by atoms with Gasteiger partial charge in [-0.3, -0.25) is 0 Å². The molecule has 0 aliphatic heterocycles. The highest BCUT2D eigenvalue weighted by Gasteiger charge is 2.07. The number of aryl methyl sites for hydroxylation is 2. The van der Waals surface area contributed by atoms with Crippen LogP contribution >= 0.6 is 0 Å². The predicted molar refractivity (Wildman–Crippen MR) is 94.7 cm³/mol. The first-order valence-electron chi connectivity index (χ1n) is 8.07. The molecule has 0 saturated heterocycles. The summed E-state index contributed by atoms with van der Waals surface area (Å²) in [5.41, 5.74) is 2.92. The molecule has 22 heavy (non-hydrogen) atoms. The van der Waals surface area contributed by atoms with Crippen LogP contribution in [0.5, 0.6) is 5.75 Å². The van der Waals surface area contributed by atoms with Gasteiger partial charge in [-0.2, -0.15) is 0 Å². The molecule has 2 rings (SSSR count). The highest BCUT2D eigenvalue weighted by molar-refractivity contribution is 5.91. The van der Waals surface area contributed by atoms with Gasteiger partial charge in [0.15, 0.2) is 0 Å². The molecule has 0 saturated carbocycles. The molecule has 0 atom stereocenters. The molecular weight excluding hydrogens is 272 g/mol. The highest BCUT2D eigenvalue weighted by atomic mass is 16.5. The Balaban J connectivity index is 0.00000102. The summed E-state index contributed by atoms with van der Waals surface area (Å²) >= 11 is 0. The molecule has 2 aromatic carbocycles. The van der Waals surface area contributed by atoms with Crippen molar-refractivity contribution in [3.63, 3.8) is 0 Å². The molecule has 0 amide bonds. The summed E-state index contributed by atoms with van der Waals surface area (Å²) in [7, 11) is 0. The van der Waals surface area contributed by atoms with Crippen molar-refractivity contribution in [1.82, 2.24) is 0 Å². The van der Waals surface area contributed by atoms with E-state index in [0.29, 0.717) is 11.3 Å². The Morgan fingerprint density at radius 2 is 1.36 bits per heavy atom. The van der Waals surface area contributed by atoms with Crippen LogP contribution in [0.1, 0.15) is 56.1 Å². The molecule has 0 aromatic heterocycles. The average molecular weight is 300 g/mol. The van der Waals surface area contributed by atoms with Crippen molar-refractivity contribution in [1.29, 1.82) is 0 Å². The minimum atomic E-state index is -0.320. The quantitative estimate of drug-likeness (QED) is 0.526. The third-order valence-electron chi connectivity index (χ3n) is 2.83. The second kappa shape index (κ2) is 11.6. The van der Waals surface area contributed by atoms with E-state index in [9.17, 15) is 4.79 Å². The number of rotatable bonds is 3. The molecule has 0 aliphatic carbocycles. The lowest BCUT2D eigenvalue weighted by Crippen LogP contribution is -2.08. The largest absolute Gasteiger partial charge is 0.423 e. The molecule has 0 spiro atoms. The Kier molecular flexibility index (Phi) is 10.5. The zero-order valence-electron chi connectivity index (χ0n) is 14.6. The fourth-order valence-corrected chi connectivity index (χ4v) is 1.65. The van der Waals surface area contributed by atoms with Crippen LogP contribution in [0, 0.1) is 6.92 Å². The number of carbonyl (C=O) groups is 1. The summed E-state index contributed by atoms with van der Waals surface area (Å²) in [6.07, 6.45) is 0.978. The van der Waals surface area contributed by atoms with E-state index in [4.69, 9.17) is 4.74 Å². The Morgan fingerprint density at radius 3 is 1.82 bits per heavy atom. The molecule has 0 radical (unpaired) electrons. The predicted octanol–water partition coefficient (Wildman–Crippen LogP) is 5.83. The normalized spacial score (nSPS) is 8.82. The van der Waals surface area contributed by atoms with Gasteiger partial charge in [0.05, 0.1) is 5.56 Å². The molecule has 2 heteroatoms. The van der Waals surface area contributed by atoms with Crippen molar-refractivity contribution in [2.45, 2.75) is 48.0 Å². The van der Waals surface area contributed by atoms with Gasteiger partial charge in [-0.15, -0.1) is 0 Å². The van der Waals surface area contributed by atoms with E-state index in [-0.39, 0.29) is 5.97 Å². The second-order valence-electron chi connectivity index (χ2n) is 4.25. The Bertz CT molecular complexity index is 525. The van der Waals surface area contributed by atoms with E-state index < -0.39 is 0 Å².